The molecule has 14 heavy (non-hydrogen) atoms. The molecule has 0 spiro atoms. The zero-order valence-corrected chi connectivity index (χ0v) is 9.09. The van der Waals surface area contributed by atoms with Crippen LogP contribution in [0.5, 0.6) is 0 Å². The maximum Gasteiger partial charge on any atom is 0.0249 e. The molecule has 0 fully saturated rings. The van der Waals surface area contributed by atoms with Crippen LogP contribution in [-0.2, 0) is 0 Å². The van der Waals surface area contributed by atoms with Gasteiger partial charge in [-0.05, 0) is 38.0 Å². The smallest absolute Gasteiger partial charge is 0.0249 e. The molecule has 0 unspecified atom stereocenters. The molecule has 0 atom stereocenters. The normalized spacial score (nSPS) is 10.6. The van der Waals surface area contributed by atoms with E-state index in [4.69, 9.17) is 0 Å². The zero-order valence-electron chi connectivity index (χ0n) is 9.09. The SMILES string of the molecule is C/C=C(\C#Cc1ccc(C)cc1)CC. The molecule has 0 heterocycles. The Morgan fingerprint density at radius 2 is 1.93 bits per heavy atom. The summed E-state index contributed by atoms with van der Waals surface area (Å²) in [6, 6.07) is 8.30. The van der Waals surface area contributed by atoms with Crippen molar-refractivity contribution in [3.05, 3.63) is 47.0 Å². The van der Waals surface area contributed by atoms with Crippen molar-refractivity contribution in [3.63, 3.8) is 0 Å². The van der Waals surface area contributed by atoms with Crippen molar-refractivity contribution < 1.29 is 0 Å². The van der Waals surface area contributed by atoms with E-state index in [1.54, 1.807) is 0 Å². The third-order valence-electron chi connectivity index (χ3n) is 2.15. The molecule has 0 aromatic heterocycles. The minimum atomic E-state index is 1.01. The molecule has 0 N–H and O–H groups in total. The highest BCUT2D eigenvalue weighted by molar-refractivity contribution is 5.41. The fourth-order valence-corrected chi connectivity index (χ4v) is 1.15. The molecule has 0 aliphatic carbocycles. The first kappa shape index (κ1) is 10.6. The van der Waals surface area contributed by atoms with Crippen molar-refractivity contribution >= 4 is 0 Å². The number of rotatable bonds is 1. The van der Waals surface area contributed by atoms with Gasteiger partial charge in [0, 0.05) is 5.56 Å². The summed E-state index contributed by atoms with van der Waals surface area (Å²) in [6.45, 7) is 6.24. The van der Waals surface area contributed by atoms with Gasteiger partial charge in [0.25, 0.3) is 0 Å². The fraction of sp³-hybridized carbons (Fsp3) is 0.286. The first-order chi connectivity index (χ1) is 6.76. The van der Waals surface area contributed by atoms with Crippen LogP contribution in [-0.4, -0.2) is 0 Å². The molecule has 0 radical (unpaired) electrons. The van der Waals surface area contributed by atoms with Gasteiger partial charge in [-0.2, -0.15) is 0 Å². The van der Waals surface area contributed by atoms with Gasteiger partial charge >= 0.3 is 0 Å². The van der Waals surface area contributed by atoms with Gasteiger partial charge in [0.2, 0.25) is 0 Å². The van der Waals surface area contributed by atoms with E-state index in [1.807, 2.05) is 6.92 Å². The summed E-state index contributed by atoms with van der Waals surface area (Å²) >= 11 is 0. The predicted molar refractivity (Wildman–Crippen MR) is 62.1 cm³/mol. The first-order valence-corrected chi connectivity index (χ1v) is 5.00. The lowest BCUT2D eigenvalue weighted by atomic mass is 10.1. The van der Waals surface area contributed by atoms with E-state index in [9.17, 15) is 0 Å². The topological polar surface area (TPSA) is 0 Å². The average molecular weight is 184 g/mol. The van der Waals surface area contributed by atoms with Gasteiger partial charge in [-0.3, -0.25) is 0 Å². The molecule has 0 bridgehead atoms. The maximum absolute atomic E-state index is 3.17. The Morgan fingerprint density at radius 3 is 2.43 bits per heavy atom. The lowest BCUT2D eigenvalue weighted by Crippen LogP contribution is -1.77. The van der Waals surface area contributed by atoms with E-state index in [0.717, 1.165) is 12.0 Å². The molecule has 0 saturated heterocycles. The first-order valence-electron chi connectivity index (χ1n) is 5.00. The second-order valence-electron chi connectivity index (χ2n) is 3.28. The van der Waals surface area contributed by atoms with E-state index in [2.05, 4.69) is 56.0 Å². The molecular formula is C14H16. The Kier molecular flexibility index (Phi) is 4.01. The molecule has 0 heteroatoms. The van der Waals surface area contributed by atoms with Crippen molar-refractivity contribution in [2.24, 2.45) is 0 Å². The van der Waals surface area contributed by atoms with Gasteiger partial charge in [0.1, 0.15) is 0 Å². The minimum absolute atomic E-state index is 1.01. The minimum Gasteiger partial charge on any atom is -0.0761 e. The van der Waals surface area contributed by atoms with Crippen LogP contribution in [0.25, 0.3) is 0 Å². The van der Waals surface area contributed by atoms with Crippen molar-refractivity contribution in [1.29, 1.82) is 0 Å². The summed E-state index contributed by atoms with van der Waals surface area (Å²) < 4.78 is 0. The van der Waals surface area contributed by atoms with Crippen LogP contribution < -0.4 is 0 Å². The van der Waals surface area contributed by atoms with Crippen molar-refractivity contribution in [2.75, 3.05) is 0 Å². The van der Waals surface area contributed by atoms with Gasteiger partial charge in [-0.25, -0.2) is 0 Å². The highest BCUT2D eigenvalue weighted by Gasteiger charge is 1.87. The number of hydrogen-bond donors (Lipinski definition) is 0. The summed E-state index contributed by atoms with van der Waals surface area (Å²) in [7, 11) is 0. The number of benzene rings is 1. The summed E-state index contributed by atoms with van der Waals surface area (Å²) in [5.41, 5.74) is 3.56. The summed E-state index contributed by atoms with van der Waals surface area (Å²) in [4.78, 5) is 0. The third-order valence-corrected chi connectivity index (χ3v) is 2.15. The quantitative estimate of drug-likeness (QED) is 0.584. The second-order valence-corrected chi connectivity index (χ2v) is 3.28. The average Bonchev–Trinajstić information content (AvgIpc) is 2.22. The maximum atomic E-state index is 3.17. The molecule has 1 aromatic carbocycles. The third kappa shape index (κ3) is 3.11. The van der Waals surface area contributed by atoms with Gasteiger partial charge in [-0.1, -0.05) is 42.5 Å². The standard InChI is InChI=1S/C14H16/c1-4-13(5-2)10-11-14-8-6-12(3)7-9-14/h4,6-9H,5H2,1-3H3/b13-4-. The molecule has 0 amide bonds. The summed E-state index contributed by atoms with van der Waals surface area (Å²) in [5.74, 6) is 6.32. The van der Waals surface area contributed by atoms with Crippen molar-refractivity contribution in [2.45, 2.75) is 27.2 Å². The van der Waals surface area contributed by atoms with Crippen LogP contribution in [0.15, 0.2) is 35.9 Å². The number of hydrogen-bond acceptors (Lipinski definition) is 0. The zero-order chi connectivity index (χ0) is 10.4. The van der Waals surface area contributed by atoms with Crippen molar-refractivity contribution in [3.8, 4) is 11.8 Å². The Hall–Kier alpha value is -1.48. The fourth-order valence-electron chi connectivity index (χ4n) is 1.15. The van der Waals surface area contributed by atoms with Gasteiger partial charge in [0.05, 0.1) is 0 Å². The highest BCUT2D eigenvalue weighted by Crippen LogP contribution is 2.02. The molecule has 1 aromatic rings. The largest absolute Gasteiger partial charge is 0.0761 e. The number of allylic oxidation sites excluding steroid dienone is 2. The van der Waals surface area contributed by atoms with E-state index in [0.29, 0.717) is 0 Å². The molecule has 0 saturated carbocycles. The molecule has 0 aliphatic rings. The van der Waals surface area contributed by atoms with Crippen LogP contribution >= 0.6 is 0 Å². The van der Waals surface area contributed by atoms with Crippen molar-refractivity contribution in [1.82, 2.24) is 0 Å². The summed E-state index contributed by atoms with van der Waals surface area (Å²) in [6.07, 6.45) is 3.08. The predicted octanol–water partition coefficient (Wildman–Crippen LogP) is 3.70. The Bertz CT molecular complexity index is 369. The Labute approximate surface area is 86.7 Å². The lowest BCUT2D eigenvalue weighted by Gasteiger charge is -1.92. The highest BCUT2D eigenvalue weighted by atomic mass is 13.9. The molecule has 1 rings (SSSR count). The van der Waals surface area contributed by atoms with Crippen LogP contribution in [0, 0.1) is 18.8 Å². The molecule has 72 valence electrons. The van der Waals surface area contributed by atoms with E-state index >= 15 is 0 Å². The Morgan fingerprint density at radius 1 is 1.29 bits per heavy atom. The van der Waals surface area contributed by atoms with Crippen LogP contribution in [0.4, 0.5) is 0 Å². The van der Waals surface area contributed by atoms with E-state index < -0.39 is 0 Å². The molecule has 0 nitrogen and oxygen atoms in total. The van der Waals surface area contributed by atoms with Gasteiger partial charge in [-0.15, -0.1) is 0 Å². The van der Waals surface area contributed by atoms with Crippen LogP contribution in [0.2, 0.25) is 0 Å². The van der Waals surface area contributed by atoms with Crippen LogP contribution in [0.3, 0.4) is 0 Å². The van der Waals surface area contributed by atoms with Gasteiger partial charge < -0.3 is 0 Å². The molecular weight excluding hydrogens is 168 g/mol. The Balaban J connectivity index is 2.82. The van der Waals surface area contributed by atoms with E-state index in [1.165, 1.54) is 11.1 Å². The summed E-state index contributed by atoms with van der Waals surface area (Å²) in [5, 5.41) is 0. The van der Waals surface area contributed by atoms with Gasteiger partial charge in [0.15, 0.2) is 0 Å². The second kappa shape index (κ2) is 5.29. The molecule has 0 aliphatic heterocycles. The lowest BCUT2D eigenvalue weighted by molar-refractivity contribution is 1.16. The van der Waals surface area contributed by atoms with Crippen LogP contribution in [0.1, 0.15) is 31.4 Å². The number of aryl methyl sites for hydroxylation is 1. The van der Waals surface area contributed by atoms with E-state index in [-0.39, 0.29) is 0 Å². The monoisotopic (exact) mass is 184 g/mol.